The molecule has 13 heteroatoms. The van der Waals surface area contributed by atoms with Gasteiger partial charge >= 0.3 is 6.03 Å². The molecule has 2 heterocycles. The van der Waals surface area contributed by atoms with Gasteiger partial charge in [-0.2, -0.15) is 0 Å². The van der Waals surface area contributed by atoms with Gasteiger partial charge in [-0.15, -0.1) is 0 Å². The normalized spacial score (nSPS) is 21.6. The number of nitrogens with zero attached hydrogens (tertiary/aromatic N) is 4. The van der Waals surface area contributed by atoms with Crippen LogP contribution in [-0.2, 0) is 32.1 Å². The lowest BCUT2D eigenvalue weighted by molar-refractivity contribution is -0.122. The third-order valence-corrected chi connectivity index (χ3v) is 11.5. The number of methoxy groups -OCH3 is 1. The summed E-state index contributed by atoms with van der Waals surface area (Å²) in [5.41, 5.74) is 0.870. The zero-order valence-corrected chi connectivity index (χ0v) is 30.3. The molecule has 0 spiro atoms. The van der Waals surface area contributed by atoms with Crippen LogP contribution >= 0.6 is 23.2 Å². The number of sulfone groups is 1. The van der Waals surface area contributed by atoms with Gasteiger partial charge in [0.2, 0.25) is 5.91 Å². The molecular formula is C35H41Cl2N5O5S. The minimum atomic E-state index is -3.77. The number of urea groups is 1. The molecule has 3 aromatic rings. The zero-order chi connectivity index (χ0) is 35.0. The molecule has 0 aliphatic carbocycles. The van der Waals surface area contributed by atoms with Crippen LogP contribution in [0.5, 0.6) is 5.75 Å². The number of ether oxygens (including phenoxy) is 1. The molecule has 0 radical (unpaired) electrons. The van der Waals surface area contributed by atoms with Crippen LogP contribution in [0, 0.1) is 0 Å². The van der Waals surface area contributed by atoms with Crippen LogP contribution in [0.15, 0.2) is 70.6 Å². The lowest BCUT2D eigenvalue weighted by Crippen LogP contribution is -2.61. The van der Waals surface area contributed by atoms with Gasteiger partial charge in [0, 0.05) is 50.6 Å². The second kappa shape index (κ2) is 13.7. The summed E-state index contributed by atoms with van der Waals surface area (Å²) in [6.45, 7) is 8.00. The highest BCUT2D eigenvalue weighted by Crippen LogP contribution is 2.54. The van der Waals surface area contributed by atoms with Gasteiger partial charge in [-0.3, -0.25) is 19.6 Å². The highest BCUT2D eigenvalue weighted by molar-refractivity contribution is 7.90. The van der Waals surface area contributed by atoms with E-state index in [4.69, 9.17) is 32.9 Å². The number of aliphatic imine (C=N–C) groups is 1. The van der Waals surface area contributed by atoms with E-state index in [1.807, 2.05) is 43.0 Å². The number of likely N-dealkylation sites (N-methyl/N-ethyl adjacent to an activating group) is 1. The van der Waals surface area contributed by atoms with Crippen molar-refractivity contribution in [2.75, 3.05) is 53.1 Å². The van der Waals surface area contributed by atoms with Crippen molar-refractivity contribution in [1.29, 1.82) is 0 Å². The number of benzene rings is 3. The first-order valence-corrected chi connectivity index (χ1v) is 18.4. The van der Waals surface area contributed by atoms with Gasteiger partial charge < -0.3 is 15.0 Å². The van der Waals surface area contributed by atoms with Crippen molar-refractivity contribution in [3.05, 3.63) is 93.0 Å². The second-order valence-corrected chi connectivity index (χ2v) is 15.3. The Kier molecular flexibility index (Phi) is 10.2. The van der Waals surface area contributed by atoms with E-state index < -0.39 is 20.9 Å². The van der Waals surface area contributed by atoms with Gasteiger partial charge in [0.25, 0.3) is 0 Å². The van der Waals surface area contributed by atoms with E-state index in [0.717, 1.165) is 29.4 Å². The summed E-state index contributed by atoms with van der Waals surface area (Å²) in [5.74, 6) is 0.412. The number of carbonyl (C=O) groups excluding carboxylic acids is 2. The maximum Gasteiger partial charge on any atom is 0.326 e. The molecule has 2 aliphatic heterocycles. The number of rotatable bonds is 8. The van der Waals surface area contributed by atoms with Gasteiger partial charge in [0.05, 0.1) is 29.1 Å². The summed E-state index contributed by atoms with van der Waals surface area (Å²) < 4.78 is 31.6. The first-order valence-electron chi connectivity index (χ1n) is 15.7. The molecule has 2 unspecified atom stereocenters. The molecule has 3 amide bonds. The predicted molar refractivity (Wildman–Crippen MR) is 189 cm³/mol. The number of nitrogens with one attached hydrogen (secondary N) is 1. The number of amidine groups is 1. The van der Waals surface area contributed by atoms with Crippen molar-refractivity contribution in [3.63, 3.8) is 0 Å². The molecule has 2 aliphatic rings. The van der Waals surface area contributed by atoms with Gasteiger partial charge in [-0.1, -0.05) is 66.5 Å². The topological polar surface area (TPSA) is 112 Å². The SMILES string of the molecule is CCc1ccc(C2(C)N=C(c3cc(S(C)(=O)=O)c(Cl)cc3OC)N(C(=O)N3CCN(CC(=O)NC)CC3)C2(C)c2ccc(Cl)cc2)cc1. The monoisotopic (exact) mass is 713 g/mol. The van der Waals surface area contributed by atoms with E-state index in [2.05, 4.69) is 24.4 Å². The Morgan fingerprint density at radius 3 is 2.10 bits per heavy atom. The standard InChI is InChI=1S/C35H41Cl2N5O5S/c1-7-23-8-10-24(11-9-23)34(2)35(3,25-12-14-26(36)15-13-25)42(33(44)41-18-16-40(17-19-41)22-31(43)38-4)32(39-34)27-20-30(48(6,45)46)28(37)21-29(27)47-5/h8-15,20-21H,7,16-19,22H2,1-6H3,(H,38,43). The fraction of sp³-hybridized carbons (Fsp3) is 0.400. The third-order valence-electron chi connectivity index (χ3n) is 9.64. The Labute approximate surface area is 292 Å². The molecule has 0 saturated carbocycles. The first-order chi connectivity index (χ1) is 22.7. The summed E-state index contributed by atoms with van der Waals surface area (Å²) in [6.07, 6.45) is 1.94. The fourth-order valence-electron chi connectivity index (χ4n) is 6.54. The van der Waals surface area contributed by atoms with Crippen molar-refractivity contribution >= 4 is 50.8 Å². The lowest BCUT2D eigenvalue weighted by Gasteiger charge is -2.47. The molecular weight excluding hydrogens is 673 g/mol. The molecule has 10 nitrogen and oxygen atoms in total. The minimum absolute atomic E-state index is 0.000177. The smallest absolute Gasteiger partial charge is 0.326 e. The Bertz CT molecular complexity index is 1840. The fourth-order valence-corrected chi connectivity index (χ4v) is 7.99. The number of amides is 3. The molecule has 3 aromatic carbocycles. The van der Waals surface area contributed by atoms with Gasteiger partial charge in [0.1, 0.15) is 22.7 Å². The van der Waals surface area contributed by atoms with Crippen LogP contribution in [-0.4, -0.2) is 94.0 Å². The van der Waals surface area contributed by atoms with Crippen molar-refractivity contribution in [2.24, 2.45) is 4.99 Å². The molecule has 2 atom stereocenters. The van der Waals surface area contributed by atoms with E-state index in [-0.39, 0.29) is 40.0 Å². The molecule has 48 heavy (non-hydrogen) atoms. The van der Waals surface area contributed by atoms with Gasteiger partial charge in [-0.05, 0) is 55.2 Å². The Hall–Kier alpha value is -3.64. The number of hydrogen-bond acceptors (Lipinski definition) is 7. The number of piperazine rings is 1. The summed E-state index contributed by atoms with van der Waals surface area (Å²) in [4.78, 5) is 37.8. The first kappa shape index (κ1) is 35.7. The molecule has 5 rings (SSSR count). The second-order valence-electron chi connectivity index (χ2n) is 12.4. The Morgan fingerprint density at radius 1 is 0.958 bits per heavy atom. The third kappa shape index (κ3) is 6.41. The van der Waals surface area contributed by atoms with Gasteiger partial charge in [-0.25, -0.2) is 13.2 Å². The van der Waals surface area contributed by atoms with Crippen molar-refractivity contribution in [1.82, 2.24) is 20.0 Å². The van der Waals surface area contributed by atoms with Crippen LogP contribution in [0.3, 0.4) is 0 Å². The van der Waals surface area contributed by atoms with E-state index in [1.54, 1.807) is 29.0 Å². The van der Waals surface area contributed by atoms with Crippen LogP contribution < -0.4 is 10.1 Å². The maximum absolute atomic E-state index is 15.1. The van der Waals surface area contributed by atoms with Crippen LogP contribution in [0.4, 0.5) is 4.79 Å². The average Bonchev–Trinajstić information content (AvgIpc) is 3.31. The van der Waals surface area contributed by atoms with Crippen molar-refractivity contribution in [3.8, 4) is 5.75 Å². The minimum Gasteiger partial charge on any atom is -0.496 e. The van der Waals surface area contributed by atoms with Crippen molar-refractivity contribution in [2.45, 2.75) is 43.2 Å². The largest absolute Gasteiger partial charge is 0.496 e. The van der Waals surface area contributed by atoms with E-state index >= 15 is 4.79 Å². The Morgan fingerprint density at radius 2 is 1.56 bits per heavy atom. The van der Waals surface area contributed by atoms with Crippen LogP contribution in [0.2, 0.25) is 10.0 Å². The van der Waals surface area contributed by atoms with Crippen molar-refractivity contribution < 1.29 is 22.7 Å². The maximum atomic E-state index is 15.1. The molecule has 0 bridgehead atoms. The summed E-state index contributed by atoms with van der Waals surface area (Å²) in [7, 11) is -0.710. The Balaban J connectivity index is 1.76. The van der Waals surface area contributed by atoms with Gasteiger partial charge in [0.15, 0.2) is 9.84 Å². The molecule has 1 fully saturated rings. The average molecular weight is 715 g/mol. The molecule has 256 valence electrons. The molecule has 1 saturated heterocycles. The molecule has 0 aromatic heterocycles. The van der Waals surface area contributed by atoms with E-state index in [9.17, 15) is 13.2 Å². The summed E-state index contributed by atoms with van der Waals surface area (Å²) in [5, 5.41) is 3.19. The van der Waals surface area contributed by atoms with Crippen LogP contribution in [0.25, 0.3) is 0 Å². The quantitative estimate of drug-likeness (QED) is 0.337. The highest BCUT2D eigenvalue weighted by Gasteiger charge is 2.60. The number of carbonyl (C=O) groups is 2. The van der Waals surface area contributed by atoms with E-state index in [0.29, 0.717) is 36.8 Å². The number of aryl methyl sites for hydroxylation is 1. The highest BCUT2D eigenvalue weighted by atomic mass is 35.5. The molecule has 1 N–H and O–H groups in total. The van der Waals surface area contributed by atoms with E-state index in [1.165, 1.54) is 19.2 Å². The zero-order valence-electron chi connectivity index (χ0n) is 28.0. The summed E-state index contributed by atoms with van der Waals surface area (Å²) >= 11 is 12.8. The number of halogens is 2. The number of hydrogen-bond donors (Lipinski definition) is 1. The summed E-state index contributed by atoms with van der Waals surface area (Å²) in [6, 6.07) is 18.1. The van der Waals surface area contributed by atoms with Crippen LogP contribution in [0.1, 0.15) is 43.0 Å². The lowest BCUT2D eigenvalue weighted by atomic mass is 9.70. The predicted octanol–water partition coefficient (Wildman–Crippen LogP) is 5.34.